The fourth-order valence-corrected chi connectivity index (χ4v) is 2.91. The lowest BCUT2D eigenvalue weighted by atomic mass is 9.96. The van der Waals surface area contributed by atoms with Crippen molar-refractivity contribution in [2.75, 3.05) is 26.2 Å². The molecule has 1 heterocycles. The van der Waals surface area contributed by atoms with Gasteiger partial charge in [-0.3, -0.25) is 9.59 Å². The van der Waals surface area contributed by atoms with Crippen molar-refractivity contribution in [3.63, 3.8) is 0 Å². The van der Waals surface area contributed by atoms with E-state index in [-0.39, 0.29) is 24.8 Å². The number of piperidine rings is 1. The third-order valence-corrected chi connectivity index (χ3v) is 4.67. The molecule has 1 aliphatic heterocycles. The van der Waals surface area contributed by atoms with Gasteiger partial charge in [0.1, 0.15) is 5.60 Å². The zero-order valence-electron chi connectivity index (χ0n) is 16.8. The van der Waals surface area contributed by atoms with Crippen LogP contribution >= 0.6 is 0 Å². The minimum absolute atomic E-state index is 0.0862. The summed E-state index contributed by atoms with van der Waals surface area (Å²) in [5.41, 5.74) is -0.545. The van der Waals surface area contributed by atoms with E-state index >= 15 is 0 Å². The minimum atomic E-state index is -0.545. The predicted octanol–water partition coefficient (Wildman–Crippen LogP) is 2.22. The van der Waals surface area contributed by atoms with Crippen LogP contribution in [-0.4, -0.2) is 54.6 Å². The van der Waals surface area contributed by atoms with Crippen molar-refractivity contribution in [3.8, 4) is 0 Å². The molecule has 0 aromatic rings. The first-order chi connectivity index (χ1) is 12.7. The summed E-state index contributed by atoms with van der Waals surface area (Å²) in [5.74, 6) is 1.03. The van der Waals surface area contributed by atoms with Gasteiger partial charge in [0.2, 0.25) is 11.8 Å². The maximum absolute atomic E-state index is 12.1. The number of alkyl carbamates (subject to hydrolysis) is 1. The SMILES string of the molecule is CC(C)(C)OC(=O)NCCC(=O)NCC1CCN(C(=O)/C=C/C2CC2)CC1. The standard InChI is InChI=1S/C20H33N3O4/c1-20(2,3)27-19(26)21-11-8-17(24)22-14-16-9-12-23(13-10-16)18(25)7-6-15-4-5-15/h6-7,15-16H,4-5,8-14H2,1-3H3,(H,21,26)(H,22,24)/b7-6+. The molecule has 2 fully saturated rings. The van der Waals surface area contributed by atoms with E-state index in [1.54, 1.807) is 26.8 Å². The first-order valence-electron chi connectivity index (χ1n) is 9.93. The van der Waals surface area contributed by atoms with E-state index in [1.807, 2.05) is 11.0 Å². The first kappa shape index (κ1) is 21.3. The smallest absolute Gasteiger partial charge is 0.407 e. The van der Waals surface area contributed by atoms with E-state index in [4.69, 9.17) is 4.74 Å². The summed E-state index contributed by atoms with van der Waals surface area (Å²) in [6.07, 6.45) is 7.68. The second-order valence-corrected chi connectivity index (χ2v) is 8.45. The number of carbonyl (C=O) groups is 3. The normalized spacial score (nSPS) is 18.4. The summed E-state index contributed by atoms with van der Waals surface area (Å²) < 4.78 is 5.12. The van der Waals surface area contributed by atoms with Crippen LogP contribution < -0.4 is 10.6 Å². The van der Waals surface area contributed by atoms with Crippen molar-refractivity contribution >= 4 is 17.9 Å². The topological polar surface area (TPSA) is 87.7 Å². The molecule has 2 N–H and O–H groups in total. The number of carbonyl (C=O) groups excluding carboxylic acids is 3. The molecule has 0 spiro atoms. The summed E-state index contributed by atoms with van der Waals surface area (Å²) >= 11 is 0. The molecule has 2 rings (SSSR count). The van der Waals surface area contributed by atoms with Gasteiger partial charge >= 0.3 is 6.09 Å². The van der Waals surface area contributed by atoms with E-state index in [1.165, 1.54) is 12.8 Å². The van der Waals surface area contributed by atoms with Gasteiger partial charge in [-0.05, 0) is 64.4 Å². The highest BCUT2D eigenvalue weighted by Gasteiger charge is 2.23. The van der Waals surface area contributed by atoms with Crippen LogP contribution in [0.15, 0.2) is 12.2 Å². The molecule has 0 radical (unpaired) electrons. The fourth-order valence-electron chi connectivity index (χ4n) is 2.91. The lowest BCUT2D eigenvalue weighted by Gasteiger charge is -2.31. The van der Waals surface area contributed by atoms with Gasteiger partial charge in [0.15, 0.2) is 0 Å². The highest BCUT2D eigenvalue weighted by atomic mass is 16.6. The molecule has 0 atom stereocenters. The van der Waals surface area contributed by atoms with E-state index in [9.17, 15) is 14.4 Å². The molecular weight excluding hydrogens is 346 g/mol. The summed E-state index contributed by atoms with van der Waals surface area (Å²) in [6.45, 7) is 7.74. The highest BCUT2D eigenvalue weighted by molar-refractivity contribution is 5.87. The monoisotopic (exact) mass is 379 g/mol. The van der Waals surface area contributed by atoms with Gasteiger partial charge in [0.25, 0.3) is 0 Å². The Bertz CT molecular complexity index is 556. The molecule has 1 saturated heterocycles. The van der Waals surface area contributed by atoms with Crippen LogP contribution in [0.1, 0.15) is 52.9 Å². The van der Waals surface area contributed by atoms with Gasteiger partial charge in [-0.25, -0.2) is 4.79 Å². The largest absolute Gasteiger partial charge is 0.444 e. The van der Waals surface area contributed by atoms with E-state index in [2.05, 4.69) is 10.6 Å². The second kappa shape index (κ2) is 9.76. The van der Waals surface area contributed by atoms with Crippen LogP contribution in [0, 0.1) is 11.8 Å². The van der Waals surface area contributed by atoms with E-state index in [0.29, 0.717) is 18.4 Å². The molecule has 3 amide bonds. The number of allylic oxidation sites excluding steroid dienone is 1. The molecule has 0 bridgehead atoms. The van der Waals surface area contributed by atoms with Crippen LogP contribution in [0.5, 0.6) is 0 Å². The van der Waals surface area contributed by atoms with Crippen molar-refractivity contribution in [2.24, 2.45) is 11.8 Å². The van der Waals surface area contributed by atoms with Crippen LogP contribution in [0.2, 0.25) is 0 Å². The van der Waals surface area contributed by atoms with Crippen molar-refractivity contribution in [2.45, 2.75) is 58.5 Å². The Balaban J connectivity index is 1.54. The molecule has 0 aromatic carbocycles. The van der Waals surface area contributed by atoms with Crippen LogP contribution in [-0.2, 0) is 14.3 Å². The zero-order valence-corrected chi connectivity index (χ0v) is 16.8. The minimum Gasteiger partial charge on any atom is -0.444 e. The zero-order chi connectivity index (χ0) is 19.9. The fraction of sp³-hybridized carbons (Fsp3) is 0.750. The molecular formula is C20H33N3O4. The first-order valence-corrected chi connectivity index (χ1v) is 9.93. The van der Waals surface area contributed by atoms with Crippen molar-refractivity contribution in [1.82, 2.24) is 15.5 Å². The maximum Gasteiger partial charge on any atom is 0.407 e. The molecule has 7 heteroatoms. The van der Waals surface area contributed by atoms with E-state index in [0.717, 1.165) is 25.9 Å². The third kappa shape index (κ3) is 8.93. The predicted molar refractivity (Wildman–Crippen MR) is 103 cm³/mol. The maximum atomic E-state index is 12.1. The molecule has 1 aliphatic carbocycles. The van der Waals surface area contributed by atoms with Crippen molar-refractivity contribution < 1.29 is 19.1 Å². The number of nitrogens with one attached hydrogen (secondary N) is 2. The van der Waals surface area contributed by atoms with Crippen molar-refractivity contribution in [3.05, 3.63) is 12.2 Å². The average Bonchev–Trinajstić information content (AvgIpc) is 3.41. The van der Waals surface area contributed by atoms with Gasteiger partial charge in [-0.15, -0.1) is 0 Å². The Labute approximate surface area is 161 Å². The van der Waals surface area contributed by atoms with E-state index < -0.39 is 11.7 Å². The Kier molecular flexibility index (Phi) is 7.68. The lowest BCUT2D eigenvalue weighted by molar-refractivity contribution is -0.127. The van der Waals surface area contributed by atoms with Crippen LogP contribution in [0.4, 0.5) is 4.79 Å². The summed E-state index contributed by atoms with van der Waals surface area (Å²) in [5, 5.41) is 5.50. The number of hydrogen-bond donors (Lipinski definition) is 2. The number of amides is 3. The van der Waals surface area contributed by atoms with Gasteiger partial charge in [0, 0.05) is 32.6 Å². The average molecular weight is 380 g/mol. The summed E-state index contributed by atoms with van der Waals surface area (Å²) in [6, 6.07) is 0. The van der Waals surface area contributed by atoms with Gasteiger partial charge in [0.05, 0.1) is 0 Å². The van der Waals surface area contributed by atoms with Crippen molar-refractivity contribution in [1.29, 1.82) is 0 Å². The molecule has 7 nitrogen and oxygen atoms in total. The second-order valence-electron chi connectivity index (χ2n) is 8.45. The van der Waals surface area contributed by atoms with Gasteiger partial charge in [-0.1, -0.05) is 6.08 Å². The molecule has 152 valence electrons. The molecule has 0 unspecified atom stereocenters. The molecule has 2 aliphatic rings. The number of rotatable bonds is 7. The number of hydrogen-bond acceptors (Lipinski definition) is 4. The molecule has 1 saturated carbocycles. The summed E-state index contributed by atoms with van der Waals surface area (Å²) in [7, 11) is 0. The quantitative estimate of drug-likeness (QED) is 0.664. The third-order valence-electron chi connectivity index (χ3n) is 4.67. The Morgan fingerprint density at radius 1 is 1.07 bits per heavy atom. The number of nitrogens with zero attached hydrogens (tertiary/aromatic N) is 1. The Hall–Kier alpha value is -2.05. The van der Waals surface area contributed by atoms with Crippen LogP contribution in [0.25, 0.3) is 0 Å². The Morgan fingerprint density at radius 3 is 2.33 bits per heavy atom. The highest BCUT2D eigenvalue weighted by Crippen LogP contribution is 2.30. The molecule has 0 aromatic heterocycles. The number of likely N-dealkylation sites (tertiary alicyclic amines) is 1. The van der Waals surface area contributed by atoms with Gasteiger partial charge < -0.3 is 20.3 Å². The lowest BCUT2D eigenvalue weighted by Crippen LogP contribution is -2.41. The van der Waals surface area contributed by atoms with Crippen LogP contribution in [0.3, 0.4) is 0 Å². The number of ether oxygens (including phenoxy) is 1. The Morgan fingerprint density at radius 2 is 1.74 bits per heavy atom. The van der Waals surface area contributed by atoms with Gasteiger partial charge in [-0.2, -0.15) is 0 Å². The summed E-state index contributed by atoms with van der Waals surface area (Å²) in [4.78, 5) is 37.4. The molecule has 27 heavy (non-hydrogen) atoms.